The van der Waals surface area contributed by atoms with Gasteiger partial charge in [0.05, 0.1) is 27.4 Å². The average Bonchev–Trinajstić information content (AvgIpc) is 2.53. The maximum atomic E-state index is 12.3. The van der Waals surface area contributed by atoms with Gasteiger partial charge in [-0.25, -0.2) is 4.79 Å². The molecule has 0 aliphatic carbocycles. The van der Waals surface area contributed by atoms with Crippen molar-refractivity contribution < 1.29 is 23.7 Å². The zero-order valence-corrected chi connectivity index (χ0v) is 14.9. The second-order valence-electron chi connectivity index (χ2n) is 6.62. The minimum absolute atomic E-state index is 0.297. The number of methoxy groups -OCH3 is 2. The SMILES string of the molecule is [B]c1c(OC)cc(C2CN(C(=O)OC(C)(C)C)CCO2)cc1OC. The molecular formula is C17H24BNO5. The lowest BCUT2D eigenvalue weighted by molar-refractivity contribution is -0.0433. The highest BCUT2D eigenvalue weighted by atomic mass is 16.6. The van der Waals surface area contributed by atoms with Crippen LogP contribution >= 0.6 is 0 Å². The zero-order chi connectivity index (χ0) is 17.9. The minimum atomic E-state index is -0.529. The van der Waals surface area contributed by atoms with E-state index in [2.05, 4.69) is 0 Å². The van der Waals surface area contributed by atoms with E-state index in [0.717, 1.165) is 5.56 Å². The van der Waals surface area contributed by atoms with Gasteiger partial charge in [-0.05, 0) is 43.9 Å². The molecule has 6 nitrogen and oxygen atoms in total. The van der Waals surface area contributed by atoms with Crippen molar-refractivity contribution in [1.29, 1.82) is 0 Å². The number of rotatable bonds is 3. The van der Waals surface area contributed by atoms with E-state index in [0.29, 0.717) is 36.7 Å². The molecule has 0 spiro atoms. The van der Waals surface area contributed by atoms with Gasteiger partial charge >= 0.3 is 6.09 Å². The van der Waals surface area contributed by atoms with Crippen LogP contribution in [0, 0.1) is 0 Å². The van der Waals surface area contributed by atoms with Gasteiger partial charge in [-0.2, -0.15) is 0 Å². The molecule has 1 amide bonds. The van der Waals surface area contributed by atoms with Gasteiger partial charge in [0.1, 0.15) is 31.1 Å². The van der Waals surface area contributed by atoms with Gasteiger partial charge in [-0.1, -0.05) is 0 Å². The van der Waals surface area contributed by atoms with Gasteiger partial charge in [0.25, 0.3) is 0 Å². The molecule has 1 unspecified atom stereocenters. The summed E-state index contributed by atoms with van der Waals surface area (Å²) in [7, 11) is 9.06. The smallest absolute Gasteiger partial charge is 0.410 e. The molecule has 7 heteroatoms. The number of carbonyl (C=O) groups excluding carboxylic acids is 1. The summed E-state index contributed by atoms with van der Waals surface area (Å²) in [6, 6.07) is 3.61. The fourth-order valence-corrected chi connectivity index (χ4v) is 2.49. The van der Waals surface area contributed by atoms with Gasteiger partial charge in [-0.15, -0.1) is 0 Å². The second kappa shape index (κ2) is 7.34. The Morgan fingerprint density at radius 2 is 1.83 bits per heavy atom. The van der Waals surface area contributed by atoms with E-state index < -0.39 is 5.60 Å². The van der Waals surface area contributed by atoms with Crippen molar-refractivity contribution in [2.24, 2.45) is 0 Å². The Bertz CT molecular complexity index is 574. The Kier molecular flexibility index (Phi) is 5.64. The molecule has 2 radical (unpaired) electrons. The van der Waals surface area contributed by atoms with Crippen LogP contribution in [0.25, 0.3) is 0 Å². The summed E-state index contributed by atoms with van der Waals surface area (Å²) in [4.78, 5) is 13.9. The Balaban J connectivity index is 2.19. The van der Waals surface area contributed by atoms with E-state index in [9.17, 15) is 4.79 Å². The maximum absolute atomic E-state index is 12.3. The Labute approximate surface area is 144 Å². The van der Waals surface area contributed by atoms with E-state index in [1.807, 2.05) is 20.8 Å². The topological polar surface area (TPSA) is 57.2 Å². The van der Waals surface area contributed by atoms with Crippen molar-refractivity contribution in [3.63, 3.8) is 0 Å². The Morgan fingerprint density at radius 1 is 1.25 bits per heavy atom. The summed E-state index contributed by atoms with van der Waals surface area (Å²) in [5.41, 5.74) is 0.744. The number of morpholine rings is 1. The summed E-state index contributed by atoms with van der Waals surface area (Å²) in [6.07, 6.45) is -0.639. The van der Waals surface area contributed by atoms with E-state index in [-0.39, 0.29) is 12.2 Å². The molecule has 2 rings (SSSR count). The van der Waals surface area contributed by atoms with Gasteiger partial charge < -0.3 is 23.8 Å². The molecule has 130 valence electrons. The van der Waals surface area contributed by atoms with Crippen LogP contribution in [0.4, 0.5) is 4.79 Å². The lowest BCUT2D eigenvalue weighted by Crippen LogP contribution is -2.44. The summed E-state index contributed by atoms with van der Waals surface area (Å²) >= 11 is 0. The molecule has 1 aromatic carbocycles. The Morgan fingerprint density at radius 3 is 2.33 bits per heavy atom. The van der Waals surface area contributed by atoms with Gasteiger partial charge in [0, 0.05) is 6.54 Å². The van der Waals surface area contributed by atoms with E-state index in [4.69, 9.17) is 26.8 Å². The first kappa shape index (κ1) is 18.5. The molecule has 1 saturated heterocycles. The van der Waals surface area contributed by atoms with E-state index in [1.54, 1.807) is 31.3 Å². The van der Waals surface area contributed by atoms with Crippen LogP contribution in [0.15, 0.2) is 12.1 Å². The molecule has 1 aliphatic rings. The lowest BCUT2D eigenvalue weighted by atomic mass is 9.91. The van der Waals surface area contributed by atoms with Crippen molar-refractivity contribution in [3.8, 4) is 11.5 Å². The zero-order valence-electron chi connectivity index (χ0n) is 14.9. The van der Waals surface area contributed by atoms with Gasteiger partial charge in [0.2, 0.25) is 0 Å². The van der Waals surface area contributed by atoms with Crippen molar-refractivity contribution in [2.45, 2.75) is 32.5 Å². The van der Waals surface area contributed by atoms with Crippen LogP contribution in [0.3, 0.4) is 0 Å². The van der Waals surface area contributed by atoms with Gasteiger partial charge in [-0.3, -0.25) is 0 Å². The highest BCUT2D eigenvalue weighted by molar-refractivity contribution is 6.36. The second-order valence-corrected chi connectivity index (χ2v) is 6.62. The van der Waals surface area contributed by atoms with Crippen molar-refractivity contribution in [2.75, 3.05) is 33.9 Å². The summed E-state index contributed by atoms with van der Waals surface area (Å²) < 4.78 is 21.8. The third kappa shape index (κ3) is 4.35. The normalized spacial score (nSPS) is 18.2. The number of carbonyl (C=O) groups is 1. The fraction of sp³-hybridized carbons (Fsp3) is 0.588. The monoisotopic (exact) mass is 333 g/mol. The predicted molar refractivity (Wildman–Crippen MR) is 91.4 cm³/mol. The van der Waals surface area contributed by atoms with E-state index >= 15 is 0 Å². The first-order valence-electron chi connectivity index (χ1n) is 7.86. The lowest BCUT2D eigenvalue weighted by Gasteiger charge is -2.34. The molecule has 1 aliphatic heterocycles. The number of hydrogen-bond donors (Lipinski definition) is 0. The number of ether oxygens (including phenoxy) is 4. The molecule has 1 fully saturated rings. The minimum Gasteiger partial charge on any atom is -0.497 e. The highest BCUT2D eigenvalue weighted by Gasteiger charge is 2.29. The van der Waals surface area contributed by atoms with Crippen LogP contribution in [0.5, 0.6) is 11.5 Å². The summed E-state index contributed by atoms with van der Waals surface area (Å²) in [5, 5.41) is 0. The number of benzene rings is 1. The first-order chi connectivity index (χ1) is 11.2. The number of nitrogens with zero attached hydrogens (tertiary/aromatic N) is 1. The van der Waals surface area contributed by atoms with Crippen molar-refractivity contribution in [3.05, 3.63) is 17.7 Å². The molecule has 0 bridgehead atoms. The molecule has 0 aromatic heterocycles. The van der Waals surface area contributed by atoms with Crippen LogP contribution in [0.2, 0.25) is 0 Å². The molecule has 24 heavy (non-hydrogen) atoms. The Hall–Kier alpha value is -1.89. The van der Waals surface area contributed by atoms with Crippen LogP contribution in [-0.4, -0.2) is 58.4 Å². The van der Waals surface area contributed by atoms with Crippen molar-refractivity contribution in [1.82, 2.24) is 4.90 Å². The van der Waals surface area contributed by atoms with Crippen LogP contribution < -0.4 is 14.9 Å². The number of hydrogen-bond acceptors (Lipinski definition) is 5. The third-order valence-electron chi connectivity index (χ3n) is 3.66. The molecular weight excluding hydrogens is 309 g/mol. The third-order valence-corrected chi connectivity index (χ3v) is 3.66. The highest BCUT2D eigenvalue weighted by Crippen LogP contribution is 2.29. The number of amides is 1. The van der Waals surface area contributed by atoms with Gasteiger partial charge in [0.15, 0.2) is 0 Å². The first-order valence-corrected chi connectivity index (χ1v) is 7.86. The average molecular weight is 333 g/mol. The van der Waals surface area contributed by atoms with Crippen LogP contribution in [-0.2, 0) is 9.47 Å². The molecule has 1 atom stereocenters. The largest absolute Gasteiger partial charge is 0.497 e. The van der Waals surface area contributed by atoms with Crippen molar-refractivity contribution >= 4 is 19.4 Å². The maximum Gasteiger partial charge on any atom is 0.410 e. The summed E-state index contributed by atoms with van der Waals surface area (Å²) in [5.74, 6) is 1.03. The predicted octanol–water partition coefficient (Wildman–Crippen LogP) is 1.81. The molecule has 0 N–H and O–H groups in total. The molecule has 1 heterocycles. The van der Waals surface area contributed by atoms with E-state index in [1.165, 1.54) is 0 Å². The molecule has 0 saturated carbocycles. The standard InChI is InChI=1S/C17H24BNO5/c1-17(2,3)24-16(20)19-6-7-23-14(10-19)11-8-12(21-4)15(18)13(9-11)22-5/h8-9,14H,6-7,10H2,1-5H3. The quantitative estimate of drug-likeness (QED) is 0.790. The molecule has 1 aromatic rings. The summed E-state index contributed by atoms with van der Waals surface area (Å²) in [6.45, 7) is 6.86. The fourth-order valence-electron chi connectivity index (χ4n) is 2.49. The van der Waals surface area contributed by atoms with Crippen LogP contribution in [0.1, 0.15) is 32.4 Å².